The van der Waals surface area contributed by atoms with Gasteiger partial charge in [0.2, 0.25) is 0 Å². The molecule has 7 heteroatoms. The molecule has 1 aromatic rings. The molecule has 0 aliphatic rings. The fraction of sp³-hybridized carbons (Fsp3) is 0.667. The Kier molecular flexibility index (Phi) is 4.35. The van der Waals surface area contributed by atoms with Gasteiger partial charge < -0.3 is 0 Å². The van der Waals surface area contributed by atoms with Crippen LogP contribution in [0.25, 0.3) is 0 Å². The third-order valence-corrected chi connectivity index (χ3v) is 3.85. The topological polar surface area (TPSA) is 55.2 Å². The van der Waals surface area contributed by atoms with Gasteiger partial charge in [-0.25, -0.2) is 0 Å². The minimum absolute atomic E-state index is 0.174. The summed E-state index contributed by atoms with van der Waals surface area (Å²) >= 11 is 0. The molecule has 0 aromatic carbocycles. The lowest BCUT2D eigenvalue weighted by molar-refractivity contribution is 0.356. The van der Waals surface area contributed by atoms with E-state index < -0.39 is 9.24 Å². The van der Waals surface area contributed by atoms with Gasteiger partial charge in [0.1, 0.15) is 0 Å². The zero-order chi connectivity index (χ0) is 12.3. The molecule has 0 spiro atoms. The molecule has 0 saturated carbocycles. The lowest BCUT2D eigenvalue weighted by atomic mass is 10.3. The van der Waals surface area contributed by atoms with Crippen molar-refractivity contribution in [1.82, 2.24) is 14.1 Å². The second-order valence-electron chi connectivity index (χ2n) is 3.79. The normalized spacial score (nSPS) is 12.6. The van der Waals surface area contributed by atoms with Crippen molar-refractivity contribution in [3.05, 3.63) is 18.0 Å². The molecule has 1 rings (SSSR count). The Morgan fingerprint density at radius 2 is 2.19 bits per heavy atom. The van der Waals surface area contributed by atoms with Crippen LogP contribution in [0, 0.1) is 0 Å². The molecule has 0 aliphatic carbocycles. The lowest BCUT2D eigenvalue weighted by Gasteiger charge is -2.21. The van der Waals surface area contributed by atoms with Crippen LogP contribution in [-0.4, -0.2) is 28.5 Å². The van der Waals surface area contributed by atoms with Crippen LogP contribution in [0.1, 0.15) is 26.3 Å². The van der Waals surface area contributed by atoms with Gasteiger partial charge in [-0.2, -0.15) is 17.8 Å². The molecule has 0 atom stereocenters. The molecule has 0 aliphatic heterocycles. The second-order valence-corrected chi connectivity index (χ2v) is 6.25. The quantitative estimate of drug-likeness (QED) is 0.760. The van der Waals surface area contributed by atoms with Crippen molar-refractivity contribution < 1.29 is 8.42 Å². The SMILES string of the molecule is CCn1cc(CN(C(C)C)S(=O)(=O)Cl)cn1. The van der Waals surface area contributed by atoms with Crippen LogP contribution in [0.15, 0.2) is 12.4 Å². The fourth-order valence-electron chi connectivity index (χ4n) is 1.35. The van der Waals surface area contributed by atoms with E-state index in [1.807, 2.05) is 13.1 Å². The molecule has 0 amide bonds. The first-order valence-corrected chi connectivity index (χ1v) is 7.34. The summed E-state index contributed by atoms with van der Waals surface area (Å²) in [5.74, 6) is 0. The summed E-state index contributed by atoms with van der Waals surface area (Å²) in [5.41, 5.74) is 0.833. The highest BCUT2D eigenvalue weighted by atomic mass is 35.7. The Morgan fingerprint density at radius 3 is 2.56 bits per heavy atom. The summed E-state index contributed by atoms with van der Waals surface area (Å²) in [6.07, 6.45) is 3.47. The average molecular weight is 266 g/mol. The Balaban J connectivity index is 2.84. The van der Waals surface area contributed by atoms with Crippen LogP contribution in [0.4, 0.5) is 0 Å². The molecule has 16 heavy (non-hydrogen) atoms. The van der Waals surface area contributed by atoms with E-state index in [0.29, 0.717) is 0 Å². The van der Waals surface area contributed by atoms with Crippen LogP contribution in [-0.2, 0) is 22.3 Å². The molecular weight excluding hydrogens is 250 g/mol. The standard InChI is InChI=1S/C9H16ClN3O2S/c1-4-12-6-9(5-11-12)7-13(8(2)3)16(10,14)15/h5-6,8H,4,7H2,1-3H3. The maximum Gasteiger partial charge on any atom is 0.300 e. The first-order chi connectivity index (χ1) is 7.34. The van der Waals surface area contributed by atoms with Gasteiger partial charge in [0.05, 0.1) is 6.20 Å². The van der Waals surface area contributed by atoms with Crippen molar-refractivity contribution in [2.75, 3.05) is 0 Å². The van der Waals surface area contributed by atoms with E-state index in [-0.39, 0.29) is 12.6 Å². The number of aromatic nitrogens is 2. The number of hydrogen-bond donors (Lipinski definition) is 0. The van der Waals surface area contributed by atoms with Crippen molar-refractivity contribution in [3.63, 3.8) is 0 Å². The molecule has 0 N–H and O–H groups in total. The van der Waals surface area contributed by atoms with Crippen molar-refractivity contribution >= 4 is 19.9 Å². The zero-order valence-electron chi connectivity index (χ0n) is 9.59. The van der Waals surface area contributed by atoms with Crippen molar-refractivity contribution in [3.8, 4) is 0 Å². The van der Waals surface area contributed by atoms with Gasteiger partial charge in [0.15, 0.2) is 0 Å². The molecule has 0 saturated heterocycles. The maximum absolute atomic E-state index is 11.3. The van der Waals surface area contributed by atoms with Crippen molar-refractivity contribution in [2.24, 2.45) is 0 Å². The minimum Gasteiger partial charge on any atom is -0.273 e. The van der Waals surface area contributed by atoms with E-state index in [4.69, 9.17) is 10.7 Å². The maximum atomic E-state index is 11.3. The molecule has 0 unspecified atom stereocenters. The minimum atomic E-state index is -3.69. The molecule has 92 valence electrons. The van der Waals surface area contributed by atoms with E-state index in [0.717, 1.165) is 12.1 Å². The largest absolute Gasteiger partial charge is 0.300 e. The smallest absolute Gasteiger partial charge is 0.273 e. The van der Waals surface area contributed by atoms with Gasteiger partial charge in [0.25, 0.3) is 9.24 Å². The molecule has 0 bridgehead atoms. The number of nitrogens with zero attached hydrogens (tertiary/aromatic N) is 3. The Labute approximate surface area is 101 Å². The van der Waals surface area contributed by atoms with Crippen LogP contribution in [0.3, 0.4) is 0 Å². The molecule has 1 heterocycles. The first-order valence-electron chi connectivity index (χ1n) is 5.07. The summed E-state index contributed by atoms with van der Waals surface area (Å²) in [6.45, 7) is 6.54. The third-order valence-electron chi connectivity index (χ3n) is 2.21. The number of halogens is 1. The van der Waals surface area contributed by atoms with E-state index in [1.54, 1.807) is 24.7 Å². The lowest BCUT2D eigenvalue weighted by Crippen LogP contribution is -2.33. The van der Waals surface area contributed by atoms with Crippen molar-refractivity contribution in [2.45, 2.75) is 39.9 Å². The highest BCUT2D eigenvalue weighted by molar-refractivity contribution is 8.11. The summed E-state index contributed by atoms with van der Waals surface area (Å²) in [6, 6.07) is -0.174. The van der Waals surface area contributed by atoms with Gasteiger partial charge in [-0.15, -0.1) is 0 Å². The molecule has 1 aromatic heterocycles. The van der Waals surface area contributed by atoms with E-state index in [2.05, 4.69) is 5.10 Å². The van der Waals surface area contributed by atoms with E-state index >= 15 is 0 Å². The Bertz CT molecular complexity index is 441. The number of rotatable bonds is 5. The third kappa shape index (κ3) is 3.47. The van der Waals surface area contributed by atoms with Gasteiger partial charge in [-0.3, -0.25) is 4.68 Å². The molecule has 5 nitrogen and oxygen atoms in total. The van der Waals surface area contributed by atoms with Crippen LogP contribution >= 0.6 is 10.7 Å². The molecule has 0 radical (unpaired) electrons. The summed E-state index contributed by atoms with van der Waals surface area (Å²) < 4.78 is 25.6. The monoisotopic (exact) mass is 265 g/mol. The van der Waals surface area contributed by atoms with Gasteiger partial charge >= 0.3 is 0 Å². The summed E-state index contributed by atoms with van der Waals surface area (Å²) in [4.78, 5) is 0. The van der Waals surface area contributed by atoms with Crippen LogP contribution < -0.4 is 0 Å². The number of aryl methyl sites for hydroxylation is 1. The highest BCUT2D eigenvalue weighted by Crippen LogP contribution is 2.15. The Morgan fingerprint density at radius 1 is 1.56 bits per heavy atom. The molecular formula is C9H16ClN3O2S. The predicted molar refractivity (Wildman–Crippen MR) is 63.4 cm³/mol. The predicted octanol–water partition coefficient (Wildman–Crippen LogP) is 1.60. The van der Waals surface area contributed by atoms with E-state index in [1.165, 1.54) is 4.31 Å². The summed E-state index contributed by atoms with van der Waals surface area (Å²) in [5, 5.41) is 4.08. The van der Waals surface area contributed by atoms with Gasteiger partial charge in [0, 0.05) is 41.6 Å². The Hall–Kier alpha value is -0.590. The second kappa shape index (κ2) is 5.16. The van der Waals surface area contributed by atoms with Crippen molar-refractivity contribution in [1.29, 1.82) is 0 Å². The number of hydrogen-bond acceptors (Lipinski definition) is 3. The van der Waals surface area contributed by atoms with E-state index in [9.17, 15) is 8.42 Å². The fourth-order valence-corrected chi connectivity index (χ4v) is 2.78. The zero-order valence-corrected chi connectivity index (χ0v) is 11.2. The van der Waals surface area contributed by atoms with Gasteiger partial charge in [-0.1, -0.05) is 0 Å². The summed E-state index contributed by atoms with van der Waals surface area (Å²) in [7, 11) is 1.66. The van der Waals surface area contributed by atoms with Crippen LogP contribution in [0.2, 0.25) is 0 Å². The average Bonchev–Trinajstić information content (AvgIpc) is 2.59. The highest BCUT2D eigenvalue weighted by Gasteiger charge is 2.22. The molecule has 0 fully saturated rings. The first kappa shape index (κ1) is 13.5. The van der Waals surface area contributed by atoms with Crippen LogP contribution in [0.5, 0.6) is 0 Å². The van der Waals surface area contributed by atoms with Gasteiger partial charge in [-0.05, 0) is 20.8 Å².